The first kappa shape index (κ1) is 10.9. The highest BCUT2D eigenvalue weighted by Gasteiger charge is 2.07. The smallest absolute Gasteiger partial charge is 0.334 e. The van der Waals surface area contributed by atoms with Gasteiger partial charge in [0.15, 0.2) is 0 Å². The fraction of sp³-hybridized carbons (Fsp3) is 0.444. The average molecular weight is 170 g/mol. The van der Waals surface area contributed by atoms with E-state index >= 15 is 0 Å². The van der Waals surface area contributed by atoms with Crippen molar-refractivity contribution < 1.29 is 14.6 Å². The summed E-state index contributed by atoms with van der Waals surface area (Å²) in [5, 5.41) is 8.71. The van der Waals surface area contributed by atoms with Crippen LogP contribution in [0.5, 0.6) is 0 Å². The molecule has 0 fully saturated rings. The normalized spacial score (nSPS) is 13.9. The second kappa shape index (κ2) is 6.61. The number of hydrogen-bond donors (Lipinski definition) is 1. The fourth-order valence-corrected chi connectivity index (χ4v) is 0.496. The highest BCUT2D eigenvalue weighted by Crippen LogP contribution is 1.87. The fourth-order valence-electron chi connectivity index (χ4n) is 0.496. The molecule has 0 aromatic rings. The van der Waals surface area contributed by atoms with Gasteiger partial charge in [0.1, 0.15) is 12.7 Å². The molecule has 0 bridgehead atoms. The minimum atomic E-state index is -1.04. The minimum Gasteiger partial charge on any atom is -0.460 e. The molecule has 1 atom stereocenters. The van der Waals surface area contributed by atoms with E-state index in [4.69, 9.17) is 5.11 Å². The Balaban J connectivity index is 3.50. The average Bonchev–Trinajstić information content (AvgIpc) is 2.03. The van der Waals surface area contributed by atoms with Gasteiger partial charge in [-0.15, -0.1) is 0 Å². The number of aliphatic hydroxyl groups is 1. The Morgan fingerprint density at radius 1 is 1.58 bits per heavy atom. The lowest BCUT2D eigenvalue weighted by atomic mass is 10.4. The number of carbonyl (C=O) groups is 1. The topological polar surface area (TPSA) is 46.5 Å². The van der Waals surface area contributed by atoms with Crippen molar-refractivity contribution in [3.8, 4) is 0 Å². The lowest BCUT2D eigenvalue weighted by Gasteiger charge is -2.02. The molecule has 0 radical (unpaired) electrons. The summed E-state index contributed by atoms with van der Waals surface area (Å²) < 4.78 is 4.64. The summed E-state index contributed by atoms with van der Waals surface area (Å²) in [6.45, 7) is 3.47. The Bertz CT molecular complexity index is 180. The Morgan fingerprint density at radius 2 is 2.25 bits per heavy atom. The van der Waals surface area contributed by atoms with Crippen LogP contribution in [0.25, 0.3) is 0 Å². The van der Waals surface area contributed by atoms with Crippen molar-refractivity contribution in [2.75, 3.05) is 6.61 Å². The van der Waals surface area contributed by atoms with Gasteiger partial charge in [0.2, 0.25) is 0 Å². The summed E-state index contributed by atoms with van der Waals surface area (Å²) in [5.41, 5.74) is 0. The molecule has 0 aliphatic carbocycles. The van der Waals surface area contributed by atoms with Crippen molar-refractivity contribution in [1.82, 2.24) is 0 Å². The van der Waals surface area contributed by atoms with E-state index in [2.05, 4.69) is 4.74 Å². The summed E-state index contributed by atoms with van der Waals surface area (Å²) in [6, 6.07) is 0. The number of aliphatic hydroxyl groups excluding tert-OH is 1. The lowest BCUT2D eigenvalue weighted by Crippen LogP contribution is -2.19. The summed E-state index contributed by atoms with van der Waals surface area (Å²) >= 11 is 0. The Kier molecular flexibility index (Phi) is 6.01. The number of hydrogen-bond acceptors (Lipinski definition) is 3. The zero-order chi connectivity index (χ0) is 9.40. The molecular formula is C9H14O3. The van der Waals surface area contributed by atoms with Gasteiger partial charge in [0.05, 0.1) is 0 Å². The molecule has 0 aromatic heterocycles. The van der Waals surface area contributed by atoms with Crippen molar-refractivity contribution in [1.29, 1.82) is 0 Å². The van der Waals surface area contributed by atoms with Crippen LogP contribution in [0.2, 0.25) is 0 Å². The number of esters is 1. The van der Waals surface area contributed by atoms with Gasteiger partial charge in [-0.2, -0.15) is 0 Å². The maximum absolute atomic E-state index is 10.7. The second-order valence-electron chi connectivity index (χ2n) is 2.26. The Labute approximate surface area is 72.3 Å². The van der Waals surface area contributed by atoms with Gasteiger partial charge in [-0.05, 0) is 19.9 Å². The standard InChI is InChI=1S/C9H14O3/c1-3-4-5-6-7-12-9(11)8(2)10/h3-6,8,10H,7H2,1-2H3/b4-3+,6-5+. The predicted octanol–water partition coefficient (Wildman–Crippen LogP) is 1.04. The van der Waals surface area contributed by atoms with Crippen molar-refractivity contribution in [2.24, 2.45) is 0 Å². The van der Waals surface area contributed by atoms with Crippen molar-refractivity contribution in [2.45, 2.75) is 20.0 Å². The number of carbonyl (C=O) groups excluding carboxylic acids is 1. The third-order valence-corrected chi connectivity index (χ3v) is 1.10. The first-order chi connectivity index (χ1) is 5.68. The molecule has 0 saturated heterocycles. The van der Waals surface area contributed by atoms with Gasteiger partial charge in [-0.25, -0.2) is 4.79 Å². The molecule has 0 rings (SSSR count). The molecule has 0 heterocycles. The van der Waals surface area contributed by atoms with E-state index in [9.17, 15) is 4.79 Å². The SMILES string of the molecule is C/C=C/C=C/COC(=O)C(C)O. The minimum absolute atomic E-state index is 0.202. The molecule has 0 spiro atoms. The second-order valence-corrected chi connectivity index (χ2v) is 2.26. The van der Waals surface area contributed by atoms with E-state index in [0.717, 1.165) is 0 Å². The van der Waals surface area contributed by atoms with Crippen LogP contribution in [0.1, 0.15) is 13.8 Å². The summed E-state index contributed by atoms with van der Waals surface area (Å²) in [5.74, 6) is -0.597. The summed E-state index contributed by atoms with van der Waals surface area (Å²) in [4.78, 5) is 10.7. The van der Waals surface area contributed by atoms with Crippen molar-refractivity contribution in [3.05, 3.63) is 24.3 Å². The van der Waals surface area contributed by atoms with Crippen LogP contribution in [-0.2, 0) is 9.53 Å². The molecule has 12 heavy (non-hydrogen) atoms. The van der Waals surface area contributed by atoms with Gasteiger partial charge >= 0.3 is 5.97 Å². The quantitative estimate of drug-likeness (QED) is 0.506. The van der Waals surface area contributed by atoms with E-state index in [1.165, 1.54) is 6.92 Å². The first-order valence-corrected chi connectivity index (χ1v) is 3.81. The predicted molar refractivity (Wildman–Crippen MR) is 46.6 cm³/mol. The highest BCUT2D eigenvalue weighted by molar-refractivity contribution is 5.73. The third-order valence-electron chi connectivity index (χ3n) is 1.10. The number of rotatable bonds is 4. The molecular weight excluding hydrogens is 156 g/mol. The van der Waals surface area contributed by atoms with Crippen molar-refractivity contribution >= 4 is 5.97 Å². The van der Waals surface area contributed by atoms with E-state index < -0.39 is 12.1 Å². The van der Waals surface area contributed by atoms with Gasteiger partial charge in [-0.1, -0.05) is 18.2 Å². The largest absolute Gasteiger partial charge is 0.460 e. The number of ether oxygens (including phenoxy) is 1. The third kappa shape index (κ3) is 5.68. The molecule has 1 N–H and O–H groups in total. The molecule has 0 aromatic carbocycles. The van der Waals surface area contributed by atoms with E-state index in [1.54, 1.807) is 12.2 Å². The zero-order valence-electron chi connectivity index (χ0n) is 7.36. The first-order valence-electron chi connectivity index (χ1n) is 3.81. The molecule has 0 aliphatic heterocycles. The molecule has 1 unspecified atom stereocenters. The van der Waals surface area contributed by atoms with Gasteiger partial charge < -0.3 is 9.84 Å². The number of allylic oxidation sites excluding steroid dienone is 3. The maximum atomic E-state index is 10.7. The lowest BCUT2D eigenvalue weighted by molar-refractivity contribution is -0.151. The monoisotopic (exact) mass is 170 g/mol. The van der Waals surface area contributed by atoms with Crippen LogP contribution in [0.3, 0.4) is 0 Å². The molecule has 3 heteroatoms. The highest BCUT2D eigenvalue weighted by atomic mass is 16.5. The molecule has 0 amide bonds. The van der Waals surface area contributed by atoms with E-state index in [1.807, 2.05) is 19.1 Å². The molecule has 0 saturated carbocycles. The zero-order valence-corrected chi connectivity index (χ0v) is 7.36. The van der Waals surface area contributed by atoms with Crippen LogP contribution in [0, 0.1) is 0 Å². The van der Waals surface area contributed by atoms with Gasteiger partial charge in [0, 0.05) is 0 Å². The van der Waals surface area contributed by atoms with Crippen LogP contribution >= 0.6 is 0 Å². The Hall–Kier alpha value is -1.09. The Morgan fingerprint density at radius 3 is 2.75 bits per heavy atom. The van der Waals surface area contributed by atoms with E-state index in [0.29, 0.717) is 0 Å². The molecule has 68 valence electrons. The van der Waals surface area contributed by atoms with Crippen LogP contribution < -0.4 is 0 Å². The van der Waals surface area contributed by atoms with Crippen LogP contribution in [0.15, 0.2) is 24.3 Å². The molecule has 0 aliphatic rings. The van der Waals surface area contributed by atoms with Crippen LogP contribution in [0.4, 0.5) is 0 Å². The van der Waals surface area contributed by atoms with Gasteiger partial charge in [-0.3, -0.25) is 0 Å². The maximum Gasteiger partial charge on any atom is 0.334 e. The molecule has 3 nitrogen and oxygen atoms in total. The van der Waals surface area contributed by atoms with E-state index in [-0.39, 0.29) is 6.61 Å². The summed E-state index contributed by atoms with van der Waals surface area (Å²) in [6.07, 6.45) is 6.12. The van der Waals surface area contributed by atoms with Crippen molar-refractivity contribution in [3.63, 3.8) is 0 Å². The van der Waals surface area contributed by atoms with Crippen LogP contribution in [-0.4, -0.2) is 23.8 Å². The summed E-state index contributed by atoms with van der Waals surface area (Å²) in [7, 11) is 0. The van der Waals surface area contributed by atoms with Gasteiger partial charge in [0.25, 0.3) is 0 Å².